The van der Waals surface area contributed by atoms with Crippen LogP contribution in [0, 0.1) is 0 Å². The van der Waals surface area contributed by atoms with Gasteiger partial charge in [-0.1, -0.05) is 0 Å². The summed E-state index contributed by atoms with van der Waals surface area (Å²) in [6.45, 7) is 2.41. The summed E-state index contributed by atoms with van der Waals surface area (Å²) in [5.41, 5.74) is 0.356. The van der Waals surface area contributed by atoms with Gasteiger partial charge in [-0.25, -0.2) is 4.79 Å². The van der Waals surface area contributed by atoms with E-state index in [-0.39, 0.29) is 24.7 Å². The van der Waals surface area contributed by atoms with E-state index in [1.165, 1.54) is 19.2 Å². The summed E-state index contributed by atoms with van der Waals surface area (Å²) in [4.78, 5) is 38.7. The highest BCUT2D eigenvalue weighted by molar-refractivity contribution is 5.95. The van der Waals surface area contributed by atoms with Crippen molar-refractivity contribution in [3.63, 3.8) is 0 Å². The normalized spacial score (nSPS) is 15.4. The van der Waals surface area contributed by atoms with Gasteiger partial charge in [0.2, 0.25) is 11.8 Å². The number of carbonyl (C=O) groups is 3. The molecule has 0 bridgehead atoms. The van der Waals surface area contributed by atoms with E-state index in [0.29, 0.717) is 31.9 Å². The number of carbonyl (C=O) groups excluding carboxylic acids is 3. The van der Waals surface area contributed by atoms with E-state index >= 15 is 0 Å². The maximum Gasteiger partial charge on any atom is 0.573 e. The average Bonchev–Trinajstić information content (AvgIpc) is 2.63. The predicted octanol–water partition coefficient (Wildman–Crippen LogP) is 0.597. The topological polar surface area (TPSA) is 103 Å². The molecule has 1 aliphatic rings. The van der Waals surface area contributed by atoms with Gasteiger partial charge in [0.25, 0.3) is 0 Å². The number of hydrogen-bond acceptors (Lipinski definition) is 6. The number of rotatable bonds is 6. The zero-order chi connectivity index (χ0) is 21.4. The summed E-state index contributed by atoms with van der Waals surface area (Å²) < 4.78 is 40.2. The fourth-order valence-electron chi connectivity index (χ4n) is 2.68. The van der Waals surface area contributed by atoms with Gasteiger partial charge in [-0.05, 0) is 24.3 Å². The van der Waals surface area contributed by atoms with E-state index in [0.717, 1.165) is 12.1 Å². The van der Waals surface area contributed by atoms with Crippen molar-refractivity contribution in [3.8, 4) is 5.75 Å². The van der Waals surface area contributed by atoms with Gasteiger partial charge in [0.05, 0.1) is 13.1 Å². The Morgan fingerprint density at radius 2 is 1.48 bits per heavy atom. The number of alkyl halides is 3. The molecular weight excluding hydrogens is 395 g/mol. The van der Waals surface area contributed by atoms with Crippen LogP contribution in [0.5, 0.6) is 5.75 Å². The Morgan fingerprint density at radius 3 is 1.97 bits per heavy atom. The molecule has 1 aromatic carbocycles. The Balaban J connectivity index is 1.71. The number of urea groups is 1. The minimum absolute atomic E-state index is 0.0831. The van der Waals surface area contributed by atoms with Gasteiger partial charge in [0, 0.05) is 38.9 Å². The summed E-state index contributed by atoms with van der Waals surface area (Å²) in [7, 11) is 1.41. The Bertz CT molecular complexity index is 719. The Morgan fingerprint density at radius 1 is 0.966 bits per heavy atom. The number of hydrogen-bond donors (Lipinski definition) is 3. The number of benzene rings is 1. The monoisotopic (exact) mass is 417 g/mol. The molecule has 0 radical (unpaired) electrons. The van der Waals surface area contributed by atoms with Crippen molar-refractivity contribution in [1.82, 2.24) is 20.4 Å². The number of anilines is 1. The molecule has 9 nitrogen and oxygen atoms in total. The van der Waals surface area contributed by atoms with Crippen molar-refractivity contribution in [1.29, 1.82) is 0 Å². The van der Waals surface area contributed by atoms with Gasteiger partial charge in [0.15, 0.2) is 0 Å². The van der Waals surface area contributed by atoms with Crippen LogP contribution in [0.4, 0.5) is 23.7 Å². The fraction of sp³-hybridized carbons (Fsp3) is 0.471. The lowest BCUT2D eigenvalue weighted by Gasteiger charge is -2.33. The molecule has 1 fully saturated rings. The van der Waals surface area contributed by atoms with E-state index < -0.39 is 18.3 Å². The van der Waals surface area contributed by atoms with Crippen molar-refractivity contribution >= 4 is 23.5 Å². The molecular formula is C17H22F3N5O4. The lowest BCUT2D eigenvalue weighted by atomic mass is 10.3. The maximum atomic E-state index is 12.1. The molecule has 0 atom stereocenters. The molecule has 12 heteroatoms. The predicted molar refractivity (Wildman–Crippen MR) is 97.2 cm³/mol. The second-order valence-corrected chi connectivity index (χ2v) is 6.30. The molecule has 0 unspecified atom stereocenters. The summed E-state index contributed by atoms with van der Waals surface area (Å²) in [6.07, 6.45) is -4.77. The highest BCUT2D eigenvalue weighted by atomic mass is 19.4. The van der Waals surface area contributed by atoms with Crippen molar-refractivity contribution in [2.75, 3.05) is 51.6 Å². The third-order valence-corrected chi connectivity index (χ3v) is 4.05. The highest BCUT2D eigenvalue weighted by Gasteiger charge is 2.31. The van der Waals surface area contributed by atoms with Gasteiger partial charge in [-0.15, -0.1) is 13.2 Å². The van der Waals surface area contributed by atoms with Gasteiger partial charge < -0.3 is 15.4 Å². The first kappa shape index (κ1) is 22.4. The first-order valence-electron chi connectivity index (χ1n) is 8.76. The van der Waals surface area contributed by atoms with Crippen LogP contribution in [-0.2, 0) is 9.59 Å². The molecule has 1 heterocycles. The molecule has 160 valence electrons. The van der Waals surface area contributed by atoms with Crippen LogP contribution >= 0.6 is 0 Å². The number of nitrogens with zero attached hydrogens (tertiary/aromatic N) is 2. The van der Waals surface area contributed by atoms with Crippen LogP contribution in [0.15, 0.2) is 24.3 Å². The highest BCUT2D eigenvalue weighted by Crippen LogP contribution is 2.23. The van der Waals surface area contributed by atoms with Gasteiger partial charge in [-0.3, -0.25) is 24.7 Å². The Labute approximate surface area is 165 Å². The van der Waals surface area contributed by atoms with E-state index in [9.17, 15) is 27.6 Å². The van der Waals surface area contributed by atoms with Crippen molar-refractivity contribution in [3.05, 3.63) is 24.3 Å². The van der Waals surface area contributed by atoms with Crippen LogP contribution in [-0.4, -0.2) is 80.3 Å². The summed E-state index contributed by atoms with van der Waals surface area (Å²) in [6, 6.07) is 4.31. The van der Waals surface area contributed by atoms with Gasteiger partial charge >= 0.3 is 12.4 Å². The Hall–Kier alpha value is -2.86. The number of imide groups is 1. The second kappa shape index (κ2) is 10.1. The first-order valence-corrected chi connectivity index (χ1v) is 8.76. The lowest BCUT2D eigenvalue weighted by molar-refractivity contribution is -0.274. The first-order chi connectivity index (χ1) is 13.6. The molecule has 0 saturated carbocycles. The van der Waals surface area contributed by atoms with Crippen LogP contribution in [0.1, 0.15) is 0 Å². The van der Waals surface area contributed by atoms with E-state index in [4.69, 9.17) is 0 Å². The Kier molecular flexibility index (Phi) is 7.79. The number of nitrogens with one attached hydrogen (secondary N) is 3. The summed E-state index contributed by atoms with van der Waals surface area (Å²) in [5.74, 6) is -1.08. The van der Waals surface area contributed by atoms with Crippen molar-refractivity contribution in [2.24, 2.45) is 0 Å². The van der Waals surface area contributed by atoms with Crippen LogP contribution in [0.25, 0.3) is 0 Å². The molecule has 2 rings (SSSR count). The molecule has 0 aliphatic carbocycles. The third kappa shape index (κ3) is 8.35. The number of halogens is 3. The third-order valence-electron chi connectivity index (χ3n) is 4.05. The van der Waals surface area contributed by atoms with Gasteiger partial charge in [0.1, 0.15) is 5.75 Å². The zero-order valence-electron chi connectivity index (χ0n) is 15.7. The zero-order valence-corrected chi connectivity index (χ0v) is 15.7. The van der Waals surface area contributed by atoms with E-state index in [1.54, 1.807) is 0 Å². The molecule has 0 spiro atoms. The minimum Gasteiger partial charge on any atom is -0.406 e. The molecule has 4 amide bonds. The fourth-order valence-corrected chi connectivity index (χ4v) is 2.68. The van der Waals surface area contributed by atoms with Crippen molar-refractivity contribution < 1.29 is 32.3 Å². The van der Waals surface area contributed by atoms with Crippen LogP contribution in [0.2, 0.25) is 0 Å². The number of piperazine rings is 1. The summed E-state index contributed by atoms with van der Waals surface area (Å²) in [5, 5.41) is 7.09. The smallest absolute Gasteiger partial charge is 0.406 e. The maximum absolute atomic E-state index is 12.1. The quantitative estimate of drug-likeness (QED) is 0.627. The SMILES string of the molecule is CNC(=O)NC(=O)CN1CCN(CC(=O)Nc2ccc(OC(F)(F)F)cc2)CC1. The van der Waals surface area contributed by atoms with Crippen molar-refractivity contribution in [2.45, 2.75) is 6.36 Å². The van der Waals surface area contributed by atoms with Gasteiger partial charge in [-0.2, -0.15) is 0 Å². The van der Waals surface area contributed by atoms with Crippen LogP contribution in [0.3, 0.4) is 0 Å². The van der Waals surface area contributed by atoms with E-state index in [1.807, 2.05) is 9.80 Å². The molecule has 29 heavy (non-hydrogen) atoms. The van der Waals surface area contributed by atoms with E-state index in [2.05, 4.69) is 20.7 Å². The van der Waals surface area contributed by atoms with Crippen LogP contribution < -0.4 is 20.7 Å². The average molecular weight is 417 g/mol. The molecule has 3 N–H and O–H groups in total. The summed E-state index contributed by atoms with van der Waals surface area (Å²) >= 11 is 0. The molecule has 1 aromatic rings. The largest absolute Gasteiger partial charge is 0.573 e. The number of amides is 4. The molecule has 1 saturated heterocycles. The number of ether oxygens (including phenoxy) is 1. The minimum atomic E-state index is -4.77. The second-order valence-electron chi connectivity index (χ2n) is 6.30. The standard InChI is InChI=1S/C17H22F3N5O4/c1-21-16(28)23-15(27)11-25-8-6-24(7-9-25)10-14(26)22-12-2-4-13(5-3-12)29-17(18,19)20/h2-5H,6-11H2,1H3,(H,22,26)(H2,21,23,27,28). The lowest BCUT2D eigenvalue weighted by Crippen LogP contribution is -2.52. The molecule has 0 aromatic heterocycles. The molecule has 1 aliphatic heterocycles.